The number of fused-ring (bicyclic) bond motifs is 7. The van der Waals surface area contributed by atoms with Crippen LogP contribution in [0.15, 0.2) is 16.2 Å². The van der Waals surface area contributed by atoms with Crippen molar-refractivity contribution in [2.75, 3.05) is 0 Å². The van der Waals surface area contributed by atoms with E-state index in [1.54, 1.807) is 13.8 Å². The topological polar surface area (TPSA) is 146 Å². The number of nitrogens with zero attached hydrogens (tertiary/aromatic N) is 1. The van der Waals surface area contributed by atoms with E-state index in [0.29, 0.717) is 18.3 Å². The fraction of sp³-hybridized carbons (Fsp3) is 0.821. The van der Waals surface area contributed by atoms with Crippen LogP contribution in [0.2, 0.25) is 0 Å². The molecule has 0 aromatic heterocycles. The van der Waals surface area contributed by atoms with Gasteiger partial charge in [0.1, 0.15) is 6.10 Å². The first kappa shape index (κ1) is 37.2. The lowest BCUT2D eigenvalue weighted by Gasteiger charge is -2.72. The Balaban J connectivity index is 1.27. The normalized spacial score (nSPS) is 40.5. The lowest BCUT2D eigenvalue weighted by molar-refractivity contribution is -0.232. The monoisotopic (exact) mass is 712 g/mol. The highest BCUT2D eigenvalue weighted by molar-refractivity contribution is 8.14. The number of nitrogens with one attached hydrogen (secondary N) is 3. The average Bonchev–Trinajstić information content (AvgIpc) is 3.53. The molecule has 50 heavy (non-hydrogen) atoms. The molecule has 0 aromatic rings. The lowest BCUT2D eigenvalue weighted by atomic mass is 9.33. The molecule has 0 saturated heterocycles. The van der Waals surface area contributed by atoms with Crippen molar-refractivity contribution >= 4 is 40.6 Å². The summed E-state index contributed by atoms with van der Waals surface area (Å²) in [7, 11) is 0. The van der Waals surface area contributed by atoms with Crippen molar-refractivity contribution in [1.82, 2.24) is 16.1 Å². The number of hydrogen-bond donors (Lipinski definition) is 4. The minimum absolute atomic E-state index is 0.0285. The Morgan fingerprint density at radius 3 is 2.32 bits per heavy atom. The fourth-order valence-corrected chi connectivity index (χ4v) is 13.1. The summed E-state index contributed by atoms with van der Waals surface area (Å²) >= 11 is 1.47. The minimum atomic E-state index is -1.17. The number of urea groups is 1. The van der Waals surface area contributed by atoms with E-state index in [4.69, 9.17) is 4.74 Å². The van der Waals surface area contributed by atoms with Gasteiger partial charge in [-0.05, 0) is 123 Å². The molecule has 0 aromatic carbocycles. The van der Waals surface area contributed by atoms with E-state index in [0.717, 1.165) is 62.0 Å². The molecule has 0 radical (unpaired) electrons. The highest BCUT2D eigenvalue weighted by Crippen LogP contribution is 2.76. The second-order valence-corrected chi connectivity index (χ2v) is 20.1. The zero-order valence-electron chi connectivity index (χ0n) is 31.9. The van der Waals surface area contributed by atoms with Crippen molar-refractivity contribution < 1.29 is 29.0 Å². The van der Waals surface area contributed by atoms with Crippen LogP contribution >= 0.6 is 11.8 Å². The van der Waals surface area contributed by atoms with Crippen LogP contribution < -0.4 is 16.1 Å². The molecule has 6 aliphatic rings. The summed E-state index contributed by atoms with van der Waals surface area (Å²) in [5.41, 5.74) is 2.70. The number of ether oxygens (including phenoxy) is 1. The molecule has 6 rings (SSSR count). The summed E-state index contributed by atoms with van der Waals surface area (Å²) in [4.78, 5) is 52.2. The van der Waals surface area contributed by atoms with Gasteiger partial charge in [-0.15, -0.1) is 0 Å². The van der Waals surface area contributed by atoms with Gasteiger partial charge in [-0.25, -0.2) is 4.79 Å². The number of aliphatic carboxylic acids is 1. The van der Waals surface area contributed by atoms with Gasteiger partial charge in [-0.3, -0.25) is 19.8 Å². The van der Waals surface area contributed by atoms with E-state index in [1.165, 1.54) is 17.3 Å². The number of allylic oxidation sites excluding steroid dienone is 1. The molecule has 278 valence electrons. The SMILES string of the molecule is CC1=NNC(NC(=O)N[C@@]23CC[C@]4(C)C(CCC5C6(C)CC[C@H](OC(=O)CC(C)(C)C(=O)O)C(C)(C)C6CC[C@]54C)C2=C(C(C)C)C(=O)C3)S1. The van der Waals surface area contributed by atoms with Gasteiger partial charge in [0.25, 0.3) is 0 Å². The van der Waals surface area contributed by atoms with Gasteiger partial charge < -0.3 is 20.5 Å². The molecular formula is C39H60N4O6S. The third kappa shape index (κ3) is 5.61. The minimum Gasteiger partial charge on any atom is -0.481 e. The third-order valence-corrected chi connectivity index (χ3v) is 15.9. The van der Waals surface area contributed by atoms with Crippen molar-refractivity contribution in [2.24, 2.45) is 55.8 Å². The van der Waals surface area contributed by atoms with Gasteiger partial charge in [0.05, 0.1) is 22.4 Å². The Morgan fingerprint density at radius 1 is 1.00 bits per heavy atom. The predicted octanol–water partition coefficient (Wildman–Crippen LogP) is 7.38. The summed E-state index contributed by atoms with van der Waals surface area (Å²) in [6.07, 6.45) is 7.47. The summed E-state index contributed by atoms with van der Waals surface area (Å²) in [6, 6.07) is -0.266. The van der Waals surface area contributed by atoms with Crippen LogP contribution in [0.3, 0.4) is 0 Å². The molecule has 11 heteroatoms. The van der Waals surface area contributed by atoms with Crippen molar-refractivity contribution in [3.8, 4) is 0 Å². The molecule has 4 N–H and O–H groups in total. The van der Waals surface area contributed by atoms with Gasteiger partial charge in [-0.1, -0.05) is 60.2 Å². The Hall–Kier alpha value is -2.56. The molecule has 10 nitrogen and oxygen atoms in total. The van der Waals surface area contributed by atoms with Crippen LogP contribution in [0.25, 0.3) is 0 Å². The average molecular weight is 713 g/mol. The Morgan fingerprint density at radius 2 is 1.70 bits per heavy atom. The van der Waals surface area contributed by atoms with Crippen LogP contribution in [0.5, 0.6) is 0 Å². The highest BCUT2D eigenvalue weighted by atomic mass is 32.2. The highest BCUT2D eigenvalue weighted by Gasteiger charge is 2.70. The molecule has 4 fully saturated rings. The predicted molar refractivity (Wildman–Crippen MR) is 195 cm³/mol. The Labute approximate surface area is 302 Å². The van der Waals surface area contributed by atoms with Crippen molar-refractivity contribution in [3.05, 3.63) is 11.1 Å². The molecule has 5 unspecified atom stereocenters. The quantitative estimate of drug-likeness (QED) is 0.200. The van der Waals surface area contributed by atoms with Crippen LogP contribution in [0, 0.1) is 50.7 Å². The molecule has 0 spiro atoms. The first-order chi connectivity index (χ1) is 23.1. The molecule has 0 bridgehead atoms. The molecule has 2 amide bonds. The number of carbonyl (C=O) groups excluding carboxylic acids is 3. The molecule has 1 heterocycles. The number of carboxylic acids is 1. The van der Waals surface area contributed by atoms with Crippen LogP contribution in [0.4, 0.5) is 4.79 Å². The number of ketones is 1. The molecule has 9 atom stereocenters. The van der Waals surface area contributed by atoms with E-state index in [2.05, 4.69) is 69.6 Å². The number of rotatable bonds is 7. The maximum absolute atomic E-state index is 13.9. The van der Waals surface area contributed by atoms with Gasteiger partial charge in [0.2, 0.25) is 0 Å². The summed E-state index contributed by atoms with van der Waals surface area (Å²) in [5, 5.41) is 21.1. The maximum atomic E-state index is 13.9. The number of amides is 2. The van der Waals surface area contributed by atoms with Gasteiger partial charge in [0, 0.05) is 11.8 Å². The van der Waals surface area contributed by atoms with E-state index in [9.17, 15) is 24.3 Å². The number of Topliss-reactive ketones (excluding diaryl/α,β-unsaturated/α-hetero) is 1. The van der Waals surface area contributed by atoms with E-state index < -0.39 is 22.9 Å². The van der Waals surface area contributed by atoms with E-state index >= 15 is 0 Å². The number of hydrogen-bond acceptors (Lipinski definition) is 8. The van der Waals surface area contributed by atoms with Gasteiger partial charge in [0.15, 0.2) is 11.3 Å². The number of carbonyl (C=O) groups is 4. The van der Waals surface area contributed by atoms with Crippen molar-refractivity contribution in [1.29, 1.82) is 0 Å². The molecular weight excluding hydrogens is 653 g/mol. The molecule has 4 saturated carbocycles. The summed E-state index contributed by atoms with van der Waals surface area (Å²) < 4.78 is 6.14. The second kappa shape index (κ2) is 12.3. The second-order valence-electron chi connectivity index (χ2n) is 18.8. The Kier molecular flexibility index (Phi) is 9.12. The van der Waals surface area contributed by atoms with Gasteiger partial charge in [-0.2, -0.15) is 5.10 Å². The first-order valence-electron chi connectivity index (χ1n) is 18.9. The number of thioether (sulfide) groups is 1. The maximum Gasteiger partial charge on any atom is 0.317 e. The van der Waals surface area contributed by atoms with E-state index in [1.807, 2.05) is 6.92 Å². The van der Waals surface area contributed by atoms with Crippen LogP contribution in [-0.2, 0) is 19.1 Å². The number of esters is 1. The van der Waals surface area contributed by atoms with Crippen molar-refractivity contribution in [2.45, 2.75) is 151 Å². The number of hydrazone groups is 1. The number of carboxylic acid groups (broad SMARTS) is 1. The van der Waals surface area contributed by atoms with Crippen LogP contribution in [-0.4, -0.2) is 51.0 Å². The third-order valence-electron chi connectivity index (χ3n) is 15.1. The van der Waals surface area contributed by atoms with Crippen LogP contribution in [0.1, 0.15) is 133 Å². The molecule has 5 aliphatic carbocycles. The first-order valence-corrected chi connectivity index (χ1v) is 19.7. The van der Waals surface area contributed by atoms with Crippen molar-refractivity contribution in [3.63, 3.8) is 0 Å². The molecule has 1 aliphatic heterocycles. The van der Waals surface area contributed by atoms with Gasteiger partial charge >= 0.3 is 18.0 Å². The van der Waals surface area contributed by atoms with E-state index in [-0.39, 0.29) is 63.3 Å². The summed E-state index contributed by atoms with van der Waals surface area (Å²) in [5.74, 6) is -0.145. The zero-order valence-corrected chi connectivity index (χ0v) is 32.7. The Bertz CT molecular complexity index is 1540. The fourth-order valence-electron chi connectivity index (χ4n) is 12.4. The largest absolute Gasteiger partial charge is 0.481 e. The smallest absolute Gasteiger partial charge is 0.317 e. The zero-order chi connectivity index (χ0) is 36.8. The standard InChI is InChI=1S/C39H60N4O6S/c1-21(2)29-24(44)19-39(41-32(48)40-33-43-42-22(3)50-33)18-17-37(9)23(30(29)39)11-12-26-36(8)15-14-27(49-28(45)20-34(4,5)31(46)47)35(6,7)25(36)13-16-38(26,37)10/h21,23,25-27,33,43H,11-20H2,1-10H3,(H,46,47)(H2,40,41,48)/t23?,25?,26?,27-,33?,36?,37+,38+,39+/m0/s1. The summed E-state index contributed by atoms with van der Waals surface area (Å²) in [6.45, 7) is 21.3. The lowest BCUT2D eigenvalue weighted by Crippen LogP contribution is -2.67.